The first kappa shape index (κ1) is 18.1. The van der Waals surface area contributed by atoms with Crippen LogP contribution >= 0.6 is 11.8 Å². The van der Waals surface area contributed by atoms with Crippen molar-refractivity contribution in [3.63, 3.8) is 0 Å². The third-order valence-corrected chi connectivity index (χ3v) is 4.64. The van der Waals surface area contributed by atoms with E-state index in [9.17, 15) is 9.18 Å². The number of fused-ring (bicyclic) bond motifs is 1. The number of thioether (sulfide) groups is 1. The summed E-state index contributed by atoms with van der Waals surface area (Å²) in [4.78, 5) is 12.4. The van der Waals surface area contributed by atoms with E-state index in [-0.39, 0.29) is 28.3 Å². The SMILES string of the molecule is CC(Oc1ccccc1F)c1nnc(SCn2nnc3ccccc3c2=O)o1. The van der Waals surface area contributed by atoms with Crippen LogP contribution in [0.5, 0.6) is 5.75 Å². The van der Waals surface area contributed by atoms with Crippen LogP contribution < -0.4 is 10.3 Å². The molecule has 0 fully saturated rings. The van der Waals surface area contributed by atoms with Crippen molar-refractivity contribution in [3.8, 4) is 5.75 Å². The molecule has 1 unspecified atom stereocenters. The molecule has 0 aliphatic rings. The summed E-state index contributed by atoms with van der Waals surface area (Å²) in [6.07, 6.45) is -0.637. The Kier molecular flexibility index (Phi) is 5.02. The lowest BCUT2D eigenvalue weighted by Gasteiger charge is -2.11. The van der Waals surface area contributed by atoms with Crippen molar-refractivity contribution < 1.29 is 13.5 Å². The third kappa shape index (κ3) is 3.72. The van der Waals surface area contributed by atoms with Crippen LogP contribution in [0.1, 0.15) is 18.9 Å². The normalized spacial score (nSPS) is 12.2. The van der Waals surface area contributed by atoms with Crippen LogP contribution in [-0.2, 0) is 5.88 Å². The first-order chi connectivity index (χ1) is 13.6. The number of benzene rings is 2. The largest absolute Gasteiger partial charge is 0.478 e. The van der Waals surface area contributed by atoms with E-state index in [0.717, 1.165) is 11.8 Å². The highest BCUT2D eigenvalue weighted by Gasteiger charge is 2.18. The average Bonchev–Trinajstić information content (AvgIpc) is 3.19. The number of hydrogen-bond donors (Lipinski definition) is 0. The lowest BCUT2D eigenvalue weighted by Crippen LogP contribution is -2.23. The number of halogens is 1. The molecule has 0 radical (unpaired) electrons. The quantitative estimate of drug-likeness (QED) is 0.456. The Morgan fingerprint density at radius 1 is 1.14 bits per heavy atom. The van der Waals surface area contributed by atoms with Crippen molar-refractivity contribution in [1.29, 1.82) is 0 Å². The van der Waals surface area contributed by atoms with Crippen molar-refractivity contribution in [3.05, 3.63) is 70.6 Å². The standard InChI is InChI=1S/C18H14FN5O3S/c1-11(26-15-9-5-3-7-13(15)19)16-21-22-18(27-16)28-10-24-17(25)12-6-2-4-8-14(12)20-23-24/h2-9,11H,10H2,1H3. The first-order valence-corrected chi connectivity index (χ1v) is 9.30. The minimum Gasteiger partial charge on any atom is -0.478 e. The second-order valence-corrected chi connectivity index (χ2v) is 6.68. The van der Waals surface area contributed by atoms with Crippen molar-refractivity contribution in [1.82, 2.24) is 25.2 Å². The van der Waals surface area contributed by atoms with Crippen LogP contribution in [0.2, 0.25) is 0 Å². The van der Waals surface area contributed by atoms with Gasteiger partial charge in [-0.15, -0.1) is 15.3 Å². The fourth-order valence-corrected chi connectivity index (χ4v) is 3.09. The minimum absolute atomic E-state index is 0.0976. The van der Waals surface area contributed by atoms with Crippen LogP contribution in [0.25, 0.3) is 10.9 Å². The molecule has 142 valence electrons. The Hall–Kier alpha value is -3.27. The molecule has 1 atom stereocenters. The van der Waals surface area contributed by atoms with Gasteiger partial charge in [-0.1, -0.05) is 29.5 Å². The molecule has 2 aromatic carbocycles. The van der Waals surface area contributed by atoms with Crippen molar-refractivity contribution in [2.24, 2.45) is 0 Å². The van der Waals surface area contributed by atoms with E-state index in [2.05, 4.69) is 20.5 Å². The van der Waals surface area contributed by atoms with Crippen molar-refractivity contribution >= 4 is 22.7 Å². The molecule has 4 rings (SSSR count). The third-order valence-electron chi connectivity index (χ3n) is 3.85. The maximum absolute atomic E-state index is 13.7. The van der Waals surface area contributed by atoms with Gasteiger partial charge in [-0.05, 0) is 43.0 Å². The fourth-order valence-electron chi connectivity index (χ4n) is 2.45. The van der Waals surface area contributed by atoms with Gasteiger partial charge in [-0.25, -0.2) is 4.39 Å². The van der Waals surface area contributed by atoms with Crippen molar-refractivity contribution in [2.75, 3.05) is 0 Å². The Morgan fingerprint density at radius 2 is 1.93 bits per heavy atom. The average molecular weight is 399 g/mol. The molecule has 2 aromatic heterocycles. The summed E-state index contributed by atoms with van der Waals surface area (Å²) < 4.78 is 26.0. The molecule has 0 bridgehead atoms. The lowest BCUT2D eigenvalue weighted by molar-refractivity contribution is 0.174. The van der Waals surface area contributed by atoms with Crippen molar-refractivity contribution in [2.45, 2.75) is 24.1 Å². The molecule has 0 amide bonds. The highest BCUT2D eigenvalue weighted by molar-refractivity contribution is 7.98. The molecule has 0 N–H and O–H groups in total. The Bertz CT molecular complexity index is 1180. The van der Waals surface area contributed by atoms with E-state index < -0.39 is 11.9 Å². The molecule has 0 spiro atoms. The molecular weight excluding hydrogens is 385 g/mol. The van der Waals surface area contributed by atoms with Crippen LogP contribution in [0, 0.1) is 5.82 Å². The second kappa shape index (κ2) is 7.77. The Labute approximate surface area is 162 Å². The maximum Gasteiger partial charge on any atom is 0.278 e. The smallest absolute Gasteiger partial charge is 0.278 e. The van der Waals surface area contributed by atoms with E-state index in [1.54, 1.807) is 43.3 Å². The van der Waals surface area contributed by atoms with Gasteiger partial charge >= 0.3 is 0 Å². The van der Waals surface area contributed by atoms with Gasteiger partial charge in [-0.3, -0.25) is 4.79 Å². The predicted molar refractivity (Wildman–Crippen MR) is 99.4 cm³/mol. The summed E-state index contributed by atoms with van der Waals surface area (Å²) in [5, 5.41) is 16.5. The number of nitrogens with zero attached hydrogens (tertiary/aromatic N) is 5. The summed E-state index contributed by atoms with van der Waals surface area (Å²) in [6.45, 7) is 1.67. The molecule has 0 aliphatic heterocycles. The zero-order chi connectivity index (χ0) is 19.5. The van der Waals surface area contributed by atoms with Gasteiger partial charge in [0, 0.05) is 0 Å². The van der Waals surface area contributed by atoms with Crippen LogP contribution in [0.4, 0.5) is 4.39 Å². The van der Waals surface area contributed by atoms with Crippen LogP contribution in [-0.4, -0.2) is 25.2 Å². The van der Waals surface area contributed by atoms with Gasteiger partial charge in [-0.2, -0.15) is 4.68 Å². The molecule has 0 saturated carbocycles. The molecule has 10 heteroatoms. The molecular formula is C18H14FN5O3S. The molecule has 0 aliphatic carbocycles. The van der Waals surface area contributed by atoms with E-state index in [1.165, 1.54) is 16.8 Å². The highest BCUT2D eigenvalue weighted by atomic mass is 32.2. The predicted octanol–water partition coefficient (Wildman–Crippen LogP) is 3.20. The summed E-state index contributed by atoms with van der Waals surface area (Å²) in [6, 6.07) is 13.0. The Balaban J connectivity index is 1.45. The van der Waals surface area contributed by atoms with Gasteiger partial charge in [0.15, 0.2) is 17.7 Å². The molecule has 4 aromatic rings. The minimum atomic E-state index is -0.637. The van der Waals surface area contributed by atoms with Gasteiger partial charge in [0.1, 0.15) is 11.4 Å². The topological polar surface area (TPSA) is 95.9 Å². The zero-order valence-electron chi connectivity index (χ0n) is 14.7. The molecule has 0 saturated heterocycles. The molecule has 28 heavy (non-hydrogen) atoms. The summed E-state index contributed by atoms with van der Waals surface area (Å²) in [7, 11) is 0. The van der Waals surface area contributed by atoms with E-state index >= 15 is 0 Å². The van der Waals surface area contributed by atoms with Gasteiger partial charge in [0.25, 0.3) is 16.7 Å². The number of ether oxygens (including phenoxy) is 1. The number of aromatic nitrogens is 5. The molecule has 8 nitrogen and oxygen atoms in total. The highest BCUT2D eigenvalue weighted by Crippen LogP contribution is 2.25. The fraction of sp³-hybridized carbons (Fsp3) is 0.167. The van der Waals surface area contributed by atoms with E-state index in [1.807, 2.05) is 0 Å². The monoisotopic (exact) mass is 399 g/mol. The summed E-state index contributed by atoms with van der Waals surface area (Å²) >= 11 is 1.13. The summed E-state index contributed by atoms with van der Waals surface area (Å²) in [5.41, 5.74) is 0.280. The summed E-state index contributed by atoms with van der Waals surface area (Å²) in [5.74, 6) is -0.0262. The zero-order valence-corrected chi connectivity index (χ0v) is 15.5. The van der Waals surface area contributed by atoms with E-state index in [0.29, 0.717) is 10.9 Å². The van der Waals surface area contributed by atoms with E-state index in [4.69, 9.17) is 9.15 Å². The molecule has 2 heterocycles. The number of hydrogen-bond acceptors (Lipinski definition) is 8. The first-order valence-electron chi connectivity index (χ1n) is 8.32. The van der Waals surface area contributed by atoms with Crippen LogP contribution in [0.3, 0.4) is 0 Å². The lowest BCUT2D eigenvalue weighted by atomic mass is 10.2. The van der Waals surface area contributed by atoms with Crippen LogP contribution in [0.15, 0.2) is 63.0 Å². The maximum atomic E-state index is 13.7. The number of para-hydroxylation sites is 1. The van der Waals surface area contributed by atoms with Gasteiger partial charge in [0.05, 0.1) is 5.39 Å². The second-order valence-electron chi connectivity index (χ2n) is 5.78. The Morgan fingerprint density at radius 3 is 2.79 bits per heavy atom. The van der Waals surface area contributed by atoms with Gasteiger partial charge in [0.2, 0.25) is 0 Å². The number of rotatable bonds is 6. The van der Waals surface area contributed by atoms with Gasteiger partial charge < -0.3 is 9.15 Å².